The molecule has 0 aliphatic rings. The van der Waals surface area contributed by atoms with Gasteiger partial charge in [-0.05, 0) is 17.7 Å². The number of rotatable bonds is 7. The summed E-state index contributed by atoms with van der Waals surface area (Å²) in [6.45, 7) is 1.41. The minimum Gasteiger partial charge on any atom is -0.330 e. The number of thioether (sulfide) groups is 1. The summed E-state index contributed by atoms with van der Waals surface area (Å²) in [6, 6.07) is 5.63. The standard InChI is InChI=1S/C13H16Cl2N4S/c14-11-1-2-12(13(15)5-11)10(7-20-4-3-16)6-19-9-17-8-18-19/h1-2,5,8-10H,3-4,6-7,16H2. The van der Waals surface area contributed by atoms with Crippen LogP contribution in [0.3, 0.4) is 0 Å². The summed E-state index contributed by atoms with van der Waals surface area (Å²) in [5, 5.41) is 5.50. The van der Waals surface area contributed by atoms with Crippen LogP contribution in [0.4, 0.5) is 0 Å². The van der Waals surface area contributed by atoms with E-state index in [1.807, 2.05) is 28.6 Å². The normalized spacial score (nSPS) is 12.6. The van der Waals surface area contributed by atoms with Gasteiger partial charge in [0.25, 0.3) is 0 Å². The molecule has 7 heteroatoms. The molecule has 0 aliphatic carbocycles. The average molecular weight is 331 g/mol. The van der Waals surface area contributed by atoms with E-state index in [1.165, 1.54) is 6.33 Å². The molecule has 0 amide bonds. The summed E-state index contributed by atoms with van der Waals surface area (Å²) in [5.74, 6) is 2.11. The fourth-order valence-electron chi connectivity index (χ4n) is 1.94. The lowest BCUT2D eigenvalue weighted by molar-refractivity contribution is 0.547. The van der Waals surface area contributed by atoms with Crippen LogP contribution in [0.2, 0.25) is 10.0 Å². The Bertz CT molecular complexity index is 533. The Morgan fingerprint density at radius 1 is 1.35 bits per heavy atom. The van der Waals surface area contributed by atoms with Crippen molar-refractivity contribution < 1.29 is 0 Å². The first-order chi connectivity index (χ1) is 9.70. The molecule has 4 nitrogen and oxygen atoms in total. The van der Waals surface area contributed by atoms with E-state index in [4.69, 9.17) is 28.9 Å². The molecule has 2 aromatic rings. The SMILES string of the molecule is NCCSCC(Cn1cncn1)c1ccc(Cl)cc1Cl. The highest BCUT2D eigenvalue weighted by Crippen LogP contribution is 2.30. The fourth-order valence-corrected chi connectivity index (χ4v) is 3.40. The Kier molecular flexibility index (Phi) is 6.16. The van der Waals surface area contributed by atoms with Gasteiger partial charge in [0, 0.05) is 34.0 Å². The van der Waals surface area contributed by atoms with Crippen molar-refractivity contribution in [3.05, 3.63) is 46.5 Å². The third-order valence-corrected chi connectivity index (χ3v) is 4.58. The van der Waals surface area contributed by atoms with Gasteiger partial charge in [-0.25, -0.2) is 4.98 Å². The minimum atomic E-state index is 0.248. The van der Waals surface area contributed by atoms with Gasteiger partial charge in [0.15, 0.2) is 0 Å². The van der Waals surface area contributed by atoms with E-state index in [1.54, 1.807) is 12.4 Å². The van der Waals surface area contributed by atoms with Gasteiger partial charge in [0.2, 0.25) is 0 Å². The molecule has 0 saturated heterocycles. The summed E-state index contributed by atoms with van der Waals surface area (Å²) >= 11 is 14.1. The van der Waals surface area contributed by atoms with Crippen LogP contribution in [0.15, 0.2) is 30.9 Å². The van der Waals surface area contributed by atoms with Crippen LogP contribution < -0.4 is 5.73 Å². The van der Waals surface area contributed by atoms with E-state index in [-0.39, 0.29) is 5.92 Å². The van der Waals surface area contributed by atoms with Gasteiger partial charge in [0.1, 0.15) is 12.7 Å². The summed E-state index contributed by atoms with van der Waals surface area (Å²) in [5.41, 5.74) is 6.63. The maximum absolute atomic E-state index is 6.31. The summed E-state index contributed by atoms with van der Waals surface area (Å²) in [4.78, 5) is 3.97. The van der Waals surface area contributed by atoms with Crippen LogP contribution in [-0.2, 0) is 6.54 Å². The molecule has 0 radical (unpaired) electrons. The number of halogens is 2. The second-order valence-electron chi connectivity index (χ2n) is 4.34. The molecule has 1 heterocycles. The number of nitrogens with two attached hydrogens (primary N) is 1. The molecular formula is C13H16Cl2N4S. The molecule has 1 unspecified atom stereocenters. The molecule has 2 N–H and O–H groups in total. The summed E-state index contributed by atoms with van der Waals surface area (Å²) in [6.07, 6.45) is 3.25. The van der Waals surface area contributed by atoms with Crippen molar-refractivity contribution in [3.8, 4) is 0 Å². The number of aromatic nitrogens is 3. The van der Waals surface area contributed by atoms with Crippen LogP contribution in [0.25, 0.3) is 0 Å². The topological polar surface area (TPSA) is 56.7 Å². The predicted molar refractivity (Wildman–Crippen MR) is 85.6 cm³/mol. The van der Waals surface area contributed by atoms with E-state index in [0.29, 0.717) is 16.6 Å². The summed E-state index contributed by atoms with van der Waals surface area (Å²) < 4.78 is 1.82. The molecule has 108 valence electrons. The molecule has 20 heavy (non-hydrogen) atoms. The largest absolute Gasteiger partial charge is 0.330 e. The molecule has 0 bridgehead atoms. The van der Waals surface area contributed by atoms with Crippen molar-refractivity contribution in [3.63, 3.8) is 0 Å². The quantitative estimate of drug-likeness (QED) is 0.792. The zero-order valence-electron chi connectivity index (χ0n) is 10.9. The van der Waals surface area contributed by atoms with E-state index in [0.717, 1.165) is 23.6 Å². The van der Waals surface area contributed by atoms with Crippen molar-refractivity contribution >= 4 is 35.0 Å². The molecule has 1 aromatic carbocycles. The lowest BCUT2D eigenvalue weighted by Gasteiger charge is -2.18. The van der Waals surface area contributed by atoms with Crippen LogP contribution in [0.5, 0.6) is 0 Å². The third-order valence-electron chi connectivity index (χ3n) is 2.86. The average Bonchev–Trinajstić information content (AvgIpc) is 2.91. The maximum Gasteiger partial charge on any atom is 0.137 e. The van der Waals surface area contributed by atoms with E-state index in [2.05, 4.69) is 10.1 Å². The Labute approximate surface area is 132 Å². The third kappa shape index (κ3) is 4.38. The van der Waals surface area contributed by atoms with Crippen LogP contribution >= 0.6 is 35.0 Å². The Balaban J connectivity index is 2.15. The van der Waals surface area contributed by atoms with Gasteiger partial charge in [-0.3, -0.25) is 4.68 Å². The fraction of sp³-hybridized carbons (Fsp3) is 0.385. The maximum atomic E-state index is 6.31. The van der Waals surface area contributed by atoms with Crippen molar-refractivity contribution in [2.75, 3.05) is 18.1 Å². The molecule has 1 atom stereocenters. The zero-order valence-corrected chi connectivity index (χ0v) is 13.2. The Morgan fingerprint density at radius 3 is 2.85 bits per heavy atom. The highest BCUT2D eigenvalue weighted by molar-refractivity contribution is 7.99. The first-order valence-electron chi connectivity index (χ1n) is 6.26. The van der Waals surface area contributed by atoms with Crippen molar-refractivity contribution in [1.29, 1.82) is 0 Å². The molecular weight excluding hydrogens is 315 g/mol. The van der Waals surface area contributed by atoms with Crippen LogP contribution in [0.1, 0.15) is 11.5 Å². The Hall–Kier alpha value is -0.750. The lowest BCUT2D eigenvalue weighted by atomic mass is 10.0. The van der Waals surface area contributed by atoms with Crippen molar-refractivity contribution in [2.24, 2.45) is 5.73 Å². The van der Waals surface area contributed by atoms with Gasteiger partial charge >= 0.3 is 0 Å². The highest BCUT2D eigenvalue weighted by Gasteiger charge is 2.16. The van der Waals surface area contributed by atoms with Crippen LogP contribution in [-0.4, -0.2) is 32.8 Å². The van der Waals surface area contributed by atoms with Gasteiger partial charge in [-0.1, -0.05) is 29.3 Å². The van der Waals surface area contributed by atoms with Gasteiger partial charge in [-0.15, -0.1) is 0 Å². The molecule has 0 fully saturated rings. The first kappa shape index (κ1) is 15.6. The second kappa shape index (κ2) is 7.88. The number of hydrogen-bond acceptors (Lipinski definition) is 4. The Morgan fingerprint density at radius 2 is 2.20 bits per heavy atom. The van der Waals surface area contributed by atoms with Gasteiger partial charge < -0.3 is 5.73 Å². The zero-order chi connectivity index (χ0) is 14.4. The predicted octanol–water partition coefficient (Wildman–Crippen LogP) is 3.06. The number of benzene rings is 1. The lowest BCUT2D eigenvalue weighted by Crippen LogP contribution is -2.14. The van der Waals surface area contributed by atoms with E-state index in [9.17, 15) is 0 Å². The highest BCUT2D eigenvalue weighted by atomic mass is 35.5. The van der Waals surface area contributed by atoms with E-state index >= 15 is 0 Å². The molecule has 2 rings (SSSR count). The summed E-state index contributed by atoms with van der Waals surface area (Å²) in [7, 11) is 0. The first-order valence-corrected chi connectivity index (χ1v) is 8.17. The minimum absolute atomic E-state index is 0.248. The molecule has 0 aliphatic heterocycles. The molecule has 0 saturated carbocycles. The monoisotopic (exact) mass is 330 g/mol. The van der Waals surface area contributed by atoms with Gasteiger partial charge in [-0.2, -0.15) is 16.9 Å². The second-order valence-corrected chi connectivity index (χ2v) is 6.34. The van der Waals surface area contributed by atoms with E-state index < -0.39 is 0 Å². The molecule has 0 spiro atoms. The number of hydrogen-bond donors (Lipinski definition) is 1. The van der Waals surface area contributed by atoms with Gasteiger partial charge in [0.05, 0.1) is 6.54 Å². The van der Waals surface area contributed by atoms with Crippen molar-refractivity contribution in [1.82, 2.24) is 14.8 Å². The molecule has 1 aromatic heterocycles. The number of nitrogens with zero attached hydrogens (tertiary/aromatic N) is 3. The van der Waals surface area contributed by atoms with Crippen LogP contribution in [0, 0.1) is 0 Å². The van der Waals surface area contributed by atoms with Crippen molar-refractivity contribution in [2.45, 2.75) is 12.5 Å². The smallest absolute Gasteiger partial charge is 0.137 e.